The standard InChI is InChI=1S/C85H54N2O2/c1-3-18-55(19-4-1)57-36-44-61(45-37-57)86(62-48-40-59(41-49-62)66-26-15-28-72-70-24-9-13-34-80(70)88-83(66)72)65-52-53-74-78(54-65)85(75-30-11-7-22-68(75)69-23-8-12-31-76(69)85)77-32-17-33-79(82(74)77)87(63-46-38-58(39-47-63)56-20-5-2-6-21-56)64-50-42-60(43-51-64)67-27-16-29-73-71-25-10-14-35-81(71)89-84(67)73/h1-54H. The van der Waals surface area contributed by atoms with E-state index in [0.29, 0.717) is 0 Å². The zero-order valence-corrected chi connectivity index (χ0v) is 48.4. The summed E-state index contributed by atoms with van der Waals surface area (Å²) < 4.78 is 13.2. The lowest BCUT2D eigenvalue weighted by Gasteiger charge is -2.33. The van der Waals surface area contributed by atoms with Gasteiger partial charge in [-0.3, -0.25) is 0 Å². The lowest BCUT2D eigenvalue weighted by molar-refractivity contribution is 0.669. The van der Waals surface area contributed by atoms with Gasteiger partial charge in [0.05, 0.1) is 11.1 Å². The Hall–Kier alpha value is -11.7. The van der Waals surface area contributed by atoms with E-state index in [4.69, 9.17) is 8.83 Å². The van der Waals surface area contributed by atoms with Crippen LogP contribution in [-0.2, 0) is 5.41 Å². The van der Waals surface area contributed by atoms with Crippen LogP contribution in [0.15, 0.2) is 336 Å². The zero-order chi connectivity index (χ0) is 58.6. The second-order valence-electron chi connectivity index (χ2n) is 23.4. The largest absolute Gasteiger partial charge is 0.455 e. The molecule has 0 amide bonds. The maximum atomic E-state index is 6.60. The third kappa shape index (κ3) is 7.87. The molecule has 18 rings (SSSR count). The van der Waals surface area contributed by atoms with Crippen molar-refractivity contribution in [2.75, 3.05) is 9.80 Å². The highest BCUT2D eigenvalue weighted by Gasteiger charge is 2.53. The molecule has 16 aromatic rings. The maximum absolute atomic E-state index is 6.60. The summed E-state index contributed by atoms with van der Waals surface area (Å²) in [6, 6.07) is 120. The molecular formula is C85H54N2O2. The van der Waals surface area contributed by atoms with Crippen molar-refractivity contribution in [3.8, 4) is 66.8 Å². The molecule has 2 aliphatic carbocycles. The van der Waals surface area contributed by atoms with Gasteiger partial charge in [0, 0.05) is 66.7 Å². The fourth-order valence-electron chi connectivity index (χ4n) is 14.8. The Balaban J connectivity index is 0.838. The van der Waals surface area contributed by atoms with Crippen molar-refractivity contribution in [3.63, 3.8) is 0 Å². The van der Waals surface area contributed by atoms with Gasteiger partial charge in [-0.2, -0.15) is 0 Å². The highest BCUT2D eigenvalue weighted by atomic mass is 16.3. The first-order valence-electron chi connectivity index (χ1n) is 30.5. The van der Waals surface area contributed by atoms with Crippen molar-refractivity contribution < 1.29 is 8.83 Å². The Morgan fingerprint density at radius 3 is 1.10 bits per heavy atom. The molecule has 2 heterocycles. The van der Waals surface area contributed by atoms with Gasteiger partial charge in [0.1, 0.15) is 22.3 Å². The van der Waals surface area contributed by atoms with E-state index in [1.807, 2.05) is 12.1 Å². The molecule has 4 nitrogen and oxygen atoms in total. The van der Waals surface area contributed by atoms with Crippen molar-refractivity contribution in [2.45, 2.75) is 5.41 Å². The fourth-order valence-corrected chi connectivity index (χ4v) is 14.8. The van der Waals surface area contributed by atoms with Gasteiger partial charge in [-0.15, -0.1) is 0 Å². The zero-order valence-electron chi connectivity index (χ0n) is 48.4. The lowest BCUT2D eigenvalue weighted by atomic mass is 9.70. The van der Waals surface area contributed by atoms with Crippen LogP contribution in [-0.4, -0.2) is 0 Å². The molecule has 89 heavy (non-hydrogen) atoms. The molecule has 0 N–H and O–H groups in total. The normalized spacial score (nSPS) is 12.6. The quantitative estimate of drug-likeness (QED) is 0.137. The molecule has 0 saturated carbocycles. The minimum absolute atomic E-state index is 0.667. The second-order valence-corrected chi connectivity index (χ2v) is 23.4. The van der Waals surface area contributed by atoms with Gasteiger partial charge >= 0.3 is 0 Å². The number of nitrogens with zero attached hydrogens (tertiary/aromatic N) is 2. The number of furan rings is 2. The molecule has 1 spiro atoms. The van der Waals surface area contributed by atoms with E-state index in [9.17, 15) is 0 Å². The van der Waals surface area contributed by atoms with Gasteiger partial charge in [-0.05, 0) is 151 Å². The average Bonchev–Trinajstić information content (AvgIpc) is 1.51. The van der Waals surface area contributed by atoms with Crippen LogP contribution >= 0.6 is 0 Å². The number of anilines is 6. The summed E-state index contributed by atoms with van der Waals surface area (Å²) in [4.78, 5) is 4.90. The Bertz CT molecular complexity index is 5370. The van der Waals surface area contributed by atoms with Crippen molar-refractivity contribution >= 4 is 78.0 Å². The summed E-state index contributed by atoms with van der Waals surface area (Å²) in [5.41, 5.74) is 28.2. The first kappa shape index (κ1) is 50.6. The third-order valence-electron chi connectivity index (χ3n) is 18.7. The number of hydrogen-bond donors (Lipinski definition) is 0. The topological polar surface area (TPSA) is 32.8 Å². The Kier molecular flexibility index (Phi) is 11.5. The predicted molar refractivity (Wildman–Crippen MR) is 368 cm³/mol. The van der Waals surface area contributed by atoms with Crippen molar-refractivity contribution in [1.82, 2.24) is 0 Å². The van der Waals surface area contributed by atoms with Crippen molar-refractivity contribution in [3.05, 3.63) is 350 Å². The Morgan fingerprint density at radius 1 is 0.225 bits per heavy atom. The molecule has 0 fully saturated rings. The summed E-state index contributed by atoms with van der Waals surface area (Å²) in [6.07, 6.45) is 0. The summed E-state index contributed by atoms with van der Waals surface area (Å²) in [5.74, 6) is 0. The number of benzene rings is 14. The molecule has 2 aromatic heterocycles. The monoisotopic (exact) mass is 1130 g/mol. The van der Waals surface area contributed by atoms with E-state index in [1.165, 1.54) is 55.6 Å². The smallest absolute Gasteiger partial charge is 0.143 e. The van der Waals surface area contributed by atoms with Gasteiger partial charge in [0.15, 0.2) is 0 Å². The average molecular weight is 1140 g/mol. The molecule has 0 bridgehead atoms. The van der Waals surface area contributed by atoms with Crippen LogP contribution < -0.4 is 9.80 Å². The molecule has 0 radical (unpaired) electrons. The van der Waals surface area contributed by atoms with Gasteiger partial charge in [-0.25, -0.2) is 0 Å². The highest BCUT2D eigenvalue weighted by Crippen LogP contribution is 2.65. The minimum atomic E-state index is -0.667. The first-order chi connectivity index (χ1) is 44.1. The summed E-state index contributed by atoms with van der Waals surface area (Å²) in [7, 11) is 0. The maximum Gasteiger partial charge on any atom is 0.143 e. The van der Waals surface area contributed by atoms with E-state index in [2.05, 4.69) is 325 Å². The Labute approximate surface area is 515 Å². The first-order valence-corrected chi connectivity index (χ1v) is 30.5. The van der Waals surface area contributed by atoms with Gasteiger partial charge < -0.3 is 18.6 Å². The van der Waals surface area contributed by atoms with Crippen LogP contribution in [0.5, 0.6) is 0 Å². The third-order valence-corrected chi connectivity index (χ3v) is 18.7. The van der Waals surface area contributed by atoms with Crippen LogP contribution in [0.3, 0.4) is 0 Å². The van der Waals surface area contributed by atoms with Crippen molar-refractivity contribution in [1.29, 1.82) is 0 Å². The van der Waals surface area contributed by atoms with Gasteiger partial charge in [0.2, 0.25) is 0 Å². The van der Waals surface area contributed by atoms with E-state index >= 15 is 0 Å². The fraction of sp³-hybridized carbons (Fsp3) is 0.0118. The highest BCUT2D eigenvalue weighted by molar-refractivity contribution is 6.11. The molecule has 4 heteroatoms. The van der Waals surface area contributed by atoms with Crippen LogP contribution in [0.25, 0.3) is 111 Å². The predicted octanol–water partition coefficient (Wildman–Crippen LogP) is 23.4. The van der Waals surface area contributed by atoms with E-state index in [-0.39, 0.29) is 0 Å². The molecule has 14 aromatic carbocycles. The molecule has 0 unspecified atom stereocenters. The molecular weight excluding hydrogens is 1080 g/mol. The summed E-state index contributed by atoms with van der Waals surface area (Å²) in [5, 5.41) is 4.47. The number of hydrogen-bond acceptors (Lipinski definition) is 4. The van der Waals surface area contributed by atoms with Crippen LogP contribution in [0, 0.1) is 0 Å². The number of fused-ring (bicyclic) bond motifs is 16. The van der Waals surface area contributed by atoms with Gasteiger partial charge in [0.25, 0.3) is 0 Å². The van der Waals surface area contributed by atoms with E-state index in [1.54, 1.807) is 0 Å². The van der Waals surface area contributed by atoms with Crippen LogP contribution in [0.2, 0.25) is 0 Å². The van der Waals surface area contributed by atoms with Crippen LogP contribution in [0.4, 0.5) is 34.1 Å². The molecule has 0 saturated heterocycles. The Morgan fingerprint density at radius 2 is 0.596 bits per heavy atom. The van der Waals surface area contributed by atoms with E-state index in [0.717, 1.165) is 111 Å². The number of para-hydroxylation sites is 4. The summed E-state index contributed by atoms with van der Waals surface area (Å²) >= 11 is 0. The van der Waals surface area contributed by atoms with E-state index < -0.39 is 5.41 Å². The molecule has 0 aliphatic heterocycles. The minimum Gasteiger partial charge on any atom is -0.455 e. The lowest BCUT2D eigenvalue weighted by Crippen LogP contribution is -2.26. The van der Waals surface area contributed by atoms with Crippen molar-refractivity contribution in [2.24, 2.45) is 0 Å². The number of rotatable bonds is 10. The van der Waals surface area contributed by atoms with Crippen LogP contribution in [0.1, 0.15) is 22.3 Å². The summed E-state index contributed by atoms with van der Waals surface area (Å²) in [6.45, 7) is 0. The molecule has 0 atom stereocenters. The second kappa shape index (κ2) is 20.2. The molecule has 416 valence electrons. The van der Waals surface area contributed by atoms with Gasteiger partial charge in [-0.1, -0.05) is 249 Å². The SMILES string of the molecule is c1ccc(-c2ccc(N(c3ccc(-c4cccc5c4oc4ccccc45)cc3)c3ccc4c(c3)C3(c5ccccc5-c5ccccc53)c3cccc(N(c5ccc(-c6ccccc6)cc5)c5ccc(-c6cccc7c6oc6ccccc67)cc5)c3-4)cc2)cc1. The molecule has 2 aliphatic rings.